The highest BCUT2D eigenvalue weighted by atomic mass is 79.9. The van der Waals surface area contributed by atoms with Crippen molar-refractivity contribution in [2.24, 2.45) is 12.0 Å². The molecule has 6 nitrogen and oxygen atoms in total. The molecule has 0 aliphatic carbocycles. The summed E-state index contributed by atoms with van der Waals surface area (Å²) in [7, 11) is 6.04. The minimum absolute atomic E-state index is 0.221. The quantitative estimate of drug-likeness (QED) is 0.556. The molecule has 26 heavy (non-hydrogen) atoms. The van der Waals surface area contributed by atoms with Gasteiger partial charge in [0.2, 0.25) is 0 Å². The molecule has 3 heterocycles. The van der Waals surface area contributed by atoms with Gasteiger partial charge >= 0.3 is 0 Å². The fourth-order valence-corrected chi connectivity index (χ4v) is 5.85. The summed E-state index contributed by atoms with van der Waals surface area (Å²) in [6.07, 6.45) is 3.32. The molecule has 1 unspecified atom stereocenters. The van der Waals surface area contributed by atoms with Crippen molar-refractivity contribution in [2.45, 2.75) is 18.5 Å². The minimum atomic E-state index is 0.221. The van der Waals surface area contributed by atoms with Crippen molar-refractivity contribution in [3.05, 3.63) is 22.4 Å². The topological polar surface area (TPSA) is 45.0 Å². The highest BCUT2D eigenvalue weighted by Crippen LogP contribution is 2.33. The average molecular weight is 444 g/mol. The third-order valence-corrected chi connectivity index (χ3v) is 7.05. The van der Waals surface area contributed by atoms with Crippen LogP contribution in [0.5, 0.6) is 0 Å². The Morgan fingerprint density at radius 1 is 1.46 bits per heavy atom. The smallest absolute Gasteiger partial charge is 0.193 e. The summed E-state index contributed by atoms with van der Waals surface area (Å²) in [5.41, 5.74) is 1.47. The number of hydrogen-bond acceptors (Lipinski definition) is 4. The van der Waals surface area contributed by atoms with Gasteiger partial charge in [-0.1, -0.05) is 0 Å². The lowest BCUT2D eigenvalue weighted by atomic mass is 9.95. The summed E-state index contributed by atoms with van der Waals surface area (Å²) in [5.74, 6) is 3.38. The van der Waals surface area contributed by atoms with Crippen LogP contribution >= 0.6 is 27.7 Å². The number of hydrogen-bond donors (Lipinski definition) is 1. The molecule has 1 aromatic heterocycles. The van der Waals surface area contributed by atoms with Gasteiger partial charge in [-0.15, -0.1) is 0 Å². The van der Waals surface area contributed by atoms with Crippen molar-refractivity contribution in [1.82, 2.24) is 19.7 Å². The van der Waals surface area contributed by atoms with E-state index in [0.29, 0.717) is 0 Å². The predicted octanol–water partition coefficient (Wildman–Crippen LogP) is 2.00. The number of nitrogens with zero attached hydrogens (tertiary/aromatic N) is 4. The summed E-state index contributed by atoms with van der Waals surface area (Å²) in [4.78, 5) is 9.34. The van der Waals surface area contributed by atoms with E-state index in [1.807, 2.05) is 7.05 Å². The monoisotopic (exact) mass is 443 g/mol. The van der Waals surface area contributed by atoms with E-state index in [4.69, 9.17) is 4.74 Å². The lowest BCUT2D eigenvalue weighted by Gasteiger charge is -2.43. The SMILES string of the molecule is CN=C(NCC1(N2CCOCC2)CCSC1)N(C)Cc1cc(Br)cn1C. The highest BCUT2D eigenvalue weighted by Gasteiger charge is 2.40. The number of nitrogens with one attached hydrogen (secondary N) is 1. The maximum absolute atomic E-state index is 5.56. The van der Waals surface area contributed by atoms with Gasteiger partial charge in [0, 0.05) is 68.4 Å². The van der Waals surface area contributed by atoms with E-state index < -0.39 is 0 Å². The zero-order valence-electron chi connectivity index (χ0n) is 16.0. The maximum Gasteiger partial charge on any atom is 0.193 e. The van der Waals surface area contributed by atoms with Gasteiger partial charge in [-0.05, 0) is 34.2 Å². The van der Waals surface area contributed by atoms with Crippen LogP contribution in [0.1, 0.15) is 12.1 Å². The molecule has 1 N–H and O–H groups in total. The fourth-order valence-electron chi connectivity index (χ4n) is 3.80. The molecule has 1 aromatic rings. The van der Waals surface area contributed by atoms with Gasteiger partial charge < -0.3 is 19.5 Å². The molecule has 2 aliphatic heterocycles. The molecule has 0 radical (unpaired) electrons. The van der Waals surface area contributed by atoms with Crippen molar-refractivity contribution < 1.29 is 4.74 Å². The predicted molar refractivity (Wildman–Crippen MR) is 113 cm³/mol. The lowest BCUT2D eigenvalue weighted by Crippen LogP contribution is -2.60. The number of halogens is 1. The molecular formula is C18H30BrN5OS. The number of rotatable bonds is 5. The van der Waals surface area contributed by atoms with Gasteiger partial charge in [0.25, 0.3) is 0 Å². The van der Waals surface area contributed by atoms with Crippen LogP contribution in [0.25, 0.3) is 0 Å². The van der Waals surface area contributed by atoms with Crippen LogP contribution in [0, 0.1) is 0 Å². The van der Waals surface area contributed by atoms with Crippen LogP contribution in [0.3, 0.4) is 0 Å². The van der Waals surface area contributed by atoms with E-state index in [2.05, 4.69) is 78.7 Å². The largest absolute Gasteiger partial charge is 0.379 e. The van der Waals surface area contributed by atoms with Crippen LogP contribution in [-0.4, -0.2) is 84.3 Å². The second-order valence-corrected chi connectivity index (χ2v) is 9.16. The standard InChI is InChI=1S/C18H30BrN5OS/c1-20-17(23(3)12-16-10-15(19)11-22(16)2)21-13-18(4-9-26-14-18)24-5-7-25-8-6-24/h10-11H,4-9,12-14H2,1-3H3,(H,20,21). The molecule has 0 amide bonds. The van der Waals surface area contributed by atoms with Gasteiger partial charge in [-0.3, -0.25) is 9.89 Å². The van der Waals surface area contributed by atoms with Crippen molar-refractivity contribution >= 4 is 33.7 Å². The van der Waals surface area contributed by atoms with Crippen LogP contribution in [0.15, 0.2) is 21.7 Å². The Bertz CT molecular complexity index is 623. The molecule has 2 aliphatic rings. The molecule has 3 rings (SSSR count). The molecule has 146 valence electrons. The number of ether oxygens (including phenoxy) is 1. The first-order chi connectivity index (χ1) is 12.5. The number of thioether (sulfide) groups is 1. The molecule has 2 fully saturated rings. The van der Waals surface area contributed by atoms with Gasteiger partial charge in [0.1, 0.15) is 0 Å². The van der Waals surface area contributed by atoms with E-state index in [-0.39, 0.29) is 5.54 Å². The number of guanidine groups is 1. The van der Waals surface area contributed by atoms with Crippen molar-refractivity contribution in [2.75, 3.05) is 58.4 Å². The minimum Gasteiger partial charge on any atom is -0.379 e. The molecular weight excluding hydrogens is 414 g/mol. The van der Waals surface area contributed by atoms with Crippen molar-refractivity contribution in [3.8, 4) is 0 Å². The molecule has 2 saturated heterocycles. The Kier molecular flexibility index (Phi) is 6.93. The van der Waals surface area contributed by atoms with Gasteiger partial charge in [-0.2, -0.15) is 11.8 Å². The van der Waals surface area contributed by atoms with E-state index in [0.717, 1.165) is 49.8 Å². The number of aryl methyl sites for hydroxylation is 1. The first-order valence-corrected chi connectivity index (χ1v) is 11.1. The first kappa shape index (κ1) is 20.0. The van der Waals surface area contributed by atoms with E-state index in [9.17, 15) is 0 Å². The summed E-state index contributed by atoms with van der Waals surface area (Å²) in [6.45, 7) is 5.53. The van der Waals surface area contributed by atoms with Gasteiger partial charge in [0.05, 0.1) is 19.8 Å². The second kappa shape index (κ2) is 8.99. The number of morpholine rings is 1. The van der Waals surface area contributed by atoms with E-state index in [1.54, 1.807) is 0 Å². The van der Waals surface area contributed by atoms with Gasteiger partial charge in [0.15, 0.2) is 5.96 Å². The Morgan fingerprint density at radius 2 is 2.23 bits per heavy atom. The fraction of sp³-hybridized carbons (Fsp3) is 0.722. The highest BCUT2D eigenvalue weighted by molar-refractivity contribution is 9.10. The Hall–Kier alpha value is -0.700. The molecule has 1 atom stereocenters. The third-order valence-electron chi connectivity index (χ3n) is 5.39. The molecule has 0 spiro atoms. The molecule has 0 aromatic carbocycles. The zero-order valence-corrected chi connectivity index (χ0v) is 18.4. The van der Waals surface area contributed by atoms with Crippen LogP contribution in [-0.2, 0) is 18.3 Å². The van der Waals surface area contributed by atoms with Crippen LogP contribution in [0.2, 0.25) is 0 Å². The second-order valence-electron chi connectivity index (χ2n) is 7.14. The summed E-state index contributed by atoms with van der Waals surface area (Å²) < 4.78 is 8.82. The Labute approximate surface area is 169 Å². The van der Waals surface area contributed by atoms with E-state index in [1.165, 1.54) is 23.6 Å². The van der Waals surface area contributed by atoms with Crippen molar-refractivity contribution in [1.29, 1.82) is 0 Å². The normalized spacial score (nSPS) is 24.8. The molecule has 0 saturated carbocycles. The third kappa shape index (κ3) is 4.58. The number of aliphatic imine (C=N–C) groups is 1. The lowest BCUT2D eigenvalue weighted by molar-refractivity contribution is -0.0121. The van der Waals surface area contributed by atoms with Gasteiger partial charge in [-0.25, -0.2) is 0 Å². The van der Waals surface area contributed by atoms with Crippen molar-refractivity contribution in [3.63, 3.8) is 0 Å². The Morgan fingerprint density at radius 3 is 2.81 bits per heavy atom. The van der Waals surface area contributed by atoms with Crippen LogP contribution in [0.4, 0.5) is 0 Å². The van der Waals surface area contributed by atoms with E-state index >= 15 is 0 Å². The summed E-state index contributed by atoms with van der Waals surface area (Å²) in [5, 5.41) is 3.65. The average Bonchev–Trinajstić information content (AvgIpc) is 3.24. The maximum atomic E-state index is 5.56. The zero-order chi connectivity index (χ0) is 18.6. The summed E-state index contributed by atoms with van der Waals surface area (Å²) in [6, 6.07) is 2.16. The molecule has 0 bridgehead atoms. The van der Waals surface area contributed by atoms with Crippen LogP contribution < -0.4 is 5.32 Å². The Balaban J connectivity index is 1.62. The molecule has 8 heteroatoms. The summed E-state index contributed by atoms with van der Waals surface area (Å²) >= 11 is 5.62. The first-order valence-electron chi connectivity index (χ1n) is 9.17. The number of aromatic nitrogens is 1.